The lowest BCUT2D eigenvalue weighted by atomic mass is 10.2. The fourth-order valence-electron chi connectivity index (χ4n) is 1.76. The third kappa shape index (κ3) is 5.06. The van der Waals surface area contributed by atoms with Crippen LogP contribution in [0, 0.1) is 10.1 Å². The molecule has 0 saturated heterocycles. The first-order valence-electron chi connectivity index (χ1n) is 6.64. The average molecular weight is 404 g/mol. The van der Waals surface area contributed by atoms with E-state index in [1.54, 1.807) is 0 Å². The van der Waals surface area contributed by atoms with E-state index >= 15 is 0 Å². The minimum absolute atomic E-state index is 0.0987. The first-order chi connectivity index (χ1) is 11.8. The molecule has 0 spiro atoms. The number of carbonyl (C=O) groups excluding carboxylic acids is 2. The lowest BCUT2D eigenvalue weighted by Gasteiger charge is -2.07. The highest BCUT2D eigenvalue weighted by atomic mass is 35.5. The normalized spacial score (nSPS) is 10.2. The molecule has 0 aliphatic heterocycles. The van der Waals surface area contributed by atoms with Crippen molar-refractivity contribution in [3.8, 4) is 0 Å². The Bertz CT molecular complexity index is 857. The number of hydrogen-bond donors (Lipinski definition) is 1. The van der Waals surface area contributed by atoms with Crippen LogP contribution >= 0.6 is 34.8 Å². The molecule has 2 aromatic rings. The Kier molecular flexibility index (Phi) is 6.19. The highest BCUT2D eigenvalue weighted by molar-refractivity contribution is 6.42. The van der Waals surface area contributed by atoms with Crippen LogP contribution in [-0.4, -0.2) is 23.4 Å². The van der Waals surface area contributed by atoms with E-state index in [9.17, 15) is 19.7 Å². The second kappa shape index (κ2) is 8.15. The Morgan fingerprint density at radius 3 is 2.36 bits per heavy atom. The van der Waals surface area contributed by atoms with Crippen LogP contribution < -0.4 is 5.32 Å². The molecule has 10 heteroatoms. The number of nitro benzene ring substituents is 1. The number of esters is 1. The summed E-state index contributed by atoms with van der Waals surface area (Å²) in [6.07, 6.45) is 0. The van der Waals surface area contributed by atoms with Crippen molar-refractivity contribution < 1.29 is 19.2 Å². The molecule has 130 valence electrons. The number of anilines is 1. The molecule has 0 bridgehead atoms. The van der Waals surface area contributed by atoms with E-state index in [0.717, 1.165) is 6.07 Å². The maximum Gasteiger partial charge on any atom is 0.338 e. The molecular weight excluding hydrogens is 395 g/mol. The predicted molar refractivity (Wildman–Crippen MR) is 93.5 cm³/mol. The van der Waals surface area contributed by atoms with Gasteiger partial charge in [0.1, 0.15) is 5.02 Å². The minimum atomic E-state index is -0.899. The molecule has 2 rings (SSSR count). The average Bonchev–Trinajstić information content (AvgIpc) is 2.56. The maximum absolute atomic E-state index is 11.9. The fraction of sp³-hybridized carbons (Fsp3) is 0.0667. The topological polar surface area (TPSA) is 98.5 Å². The maximum atomic E-state index is 11.9. The van der Waals surface area contributed by atoms with Crippen LogP contribution in [0.1, 0.15) is 10.4 Å². The number of ether oxygens (including phenoxy) is 1. The quantitative estimate of drug-likeness (QED) is 0.454. The summed E-state index contributed by atoms with van der Waals surface area (Å²) in [5, 5.41) is 13.7. The van der Waals surface area contributed by atoms with Crippen molar-refractivity contribution in [1.82, 2.24) is 0 Å². The fourth-order valence-corrected chi connectivity index (χ4v) is 2.25. The third-order valence-corrected chi connectivity index (χ3v) is 3.97. The molecular formula is C15H9Cl3N2O5. The zero-order chi connectivity index (χ0) is 18.6. The molecule has 0 aliphatic rings. The summed E-state index contributed by atoms with van der Waals surface area (Å²) in [5.41, 5.74) is -0.160. The molecule has 0 atom stereocenters. The number of carbonyl (C=O) groups is 2. The smallest absolute Gasteiger partial charge is 0.338 e. The van der Waals surface area contributed by atoms with Gasteiger partial charge in [-0.2, -0.15) is 0 Å². The SMILES string of the molecule is O=C(COC(=O)c1ccc(Cl)c([N+](=O)[O-])c1)Nc1ccc(Cl)c(Cl)c1. The lowest BCUT2D eigenvalue weighted by molar-refractivity contribution is -0.384. The van der Waals surface area contributed by atoms with Crippen molar-refractivity contribution in [3.63, 3.8) is 0 Å². The van der Waals surface area contributed by atoms with Gasteiger partial charge < -0.3 is 10.1 Å². The van der Waals surface area contributed by atoms with Gasteiger partial charge >= 0.3 is 5.97 Å². The van der Waals surface area contributed by atoms with Crippen LogP contribution in [0.2, 0.25) is 15.1 Å². The summed E-state index contributed by atoms with van der Waals surface area (Å²) in [7, 11) is 0. The molecule has 2 aromatic carbocycles. The van der Waals surface area contributed by atoms with Crippen LogP contribution in [0.15, 0.2) is 36.4 Å². The van der Waals surface area contributed by atoms with Gasteiger partial charge in [0.2, 0.25) is 0 Å². The van der Waals surface area contributed by atoms with Gasteiger partial charge in [-0.25, -0.2) is 4.79 Å². The summed E-state index contributed by atoms with van der Waals surface area (Å²) in [5.74, 6) is -1.51. The molecule has 0 aliphatic carbocycles. The molecule has 0 unspecified atom stereocenters. The Morgan fingerprint density at radius 2 is 1.72 bits per heavy atom. The molecule has 0 radical (unpaired) electrons. The number of halogens is 3. The molecule has 0 heterocycles. The summed E-state index contributed by atoms with van der Waals surface area (Å²) in [6, 6.07) is 7.89. The van der Waals surface area contributed by atoms with Crippen molar-refractivity contribution in [2.24, 2.45) is 0 Å². The van der Waals surface area contributed by atoms with E-state index < -0.39 is 29.1 Å². The van der Waals surface area contributed by atoms with E-state index in [0.29, 0.717) is 10.7 Å². The van der Waals surface area contributed by atoms with Crippen molar-refractivity contribution >= 4 is 58.1 Å². The summed E-state index contributed by atoms with van der Waals surface area (Å²) < 4.78 is 4.81. The number of nitrogens with one attached hydrogen (secondary N) is 1. The van der Waals surface area contributed by atoms with E-state index in [2.05, 4.69) is 5.32 Å². The first-order valence-corrected chi connectivity index (χ1v) is 7.77. The van der Waals surface area contributed by atoms with Crippen LogP contribution in [0.25, 0.3) is 0 Å². The van der Waals surface area contributed by atoms with Crippen LogP contribution in [-0.2, 0) is 9.53 Å². The molecule has 25 heavy (non-hydrogen) atoms. The Hall–Kier alpha value is -2.35. The second-order valence-electron chi connectivity index (χ2n) is 4.68. The minimum Gasteiger partial charge on any atom is -0.452 e. The summed E-state index contributed by atoms with van der Waals surface area (Å²) in [6.45, 7) is -0.588. The van der Waals surface area contributed by atoms with E-state index in [-0.39, 0.29) is 15.6 Å². The summed E-state index contributed by atoms with van der Waals surface area (Å²) in [4.78, 5) is 33.7. The van der Waals surface area contributed by atoms with Gasteiger partial charge in [-0.1, -0.05) is 34.8 Å². The van der Waals surface area contributed by atoms with Gasteiger partial charge in [0.25, 0.3) is 11.6 Å². The zero-order valence-corrected chi connectivity index (χ0v) is 14.6. The summed E-state index contributed by atoms with van der Waals surface area (Å²) >= 11 is 17.2. The first kappa shape index (κ1) is 19.0. The number of benzene rings is 2. The monoisotopic (exact) mass is 402 g/mol. The van der Waals surface area contributed by atoms with E-state index in [1.807, 2.05) is 0 Å². The highest BCUT2D eigenvalue weighted by Gasteiger charge is 2.18. The van der Waals surface area contributed by atoms with Crippen LogP contribution in [0.5, 0.6) is 0 Å². The van der Waals surface area contributed by atoms with Gasteiger partial charge in [0.15, 0.2) is 6.61 Å². The molecule has 0 saturated carbocycles. The highest BCUT2D eigenvalue weighted by Crippen LogP contribution is 2.26. The van der Waals surface area contributed by atoms with Gasteiger partial charge in [0.05, 0.1) is 20.5 Å². The van der Waals surface area contributed by atoms with Crippen molar-refractivity contribution in [2.75, 3.05) is 11.9 Å². The van der Waals surface area contributed by atoms with Gasteiger partial charge in [0, 0.05) is 11.8 Å². The molecule has 0 fully saturated rings. The molecule has 0 aromatic heterocycles. The number of rotatable bonds is 5. The standard InChI is InChI=1S/C15H9Cl3N2O5/c16-10-4-2-9(6-12(10)18)19-14(21)7-25-15(22)8-1-3-11(17)13(5-8)20(23)24/h1-6H,7H2,(H,19,21). The van der Waals surface area contributed by atoms with Crippen molar-refractivity contribution in [3.05, 3.63) is 67.1 Å². The third-order valence-electron chi connectivity index (χ3n) is 2.92. The Balaban J connectivity index is 1.97. The largest absolute Gasteiger partial charge is 0.452 e. The van der Waals surface area contributed by atoms with E-state index in [4.69, 9.17) is 39.5 Å². The number of nitro groups is 1. The molecule has 7 nitrogen and oxygen atoms in total. The van der Waals surface area contributed by atoms with Crippen molar-refractivity contribution in [2.45, 2.75) is 0 Å². The van der Waals surface area contributed by atoms with Crippen LogP contribution in [0.4, 0.5) is 11.4 Å². The van der Waals surface area contributed by atoms with E-state index in [1.165, 1.54) is 30.3 Å². The number of hydrogen-bond acceptors (Lipinski definition) is 5. The van der Waals surface area contributed by atoms with Gasteiger partial charge in [-0.3, -0.25) is 14.9 Å². The Morgan fingerprint density at radius 1 is 1.04 bits per heavy atom. The van der Waals surface area contributed by atoms with Gasteiger partial charge in [-0.15, -0.1) is 0 Å². The van der Waals surface area contributed by atoms with Gasteiger partial charge in [-0.05, 0) is 30.3 Å². The number of nitrogens with zero attached hydrogens (tertiary/aromatic N) is 1. The molecule has 1 amide bonds. The van der Waals surface area contributed by atoms with Crippen LogP contribution in [0.3, 0.4) is 0 Å². The second-order valence-corrected chi connectivity index (χ2v) is 5.90. The predicted octanol–water partition coefficient (Wildman–Crippen LogP) is 4.35. The zero-order valence-electron chi connectivity index (χ0n) is 12.3. The number of amides is 1. The molecule has 1 N–H and O–H groups in total. The Labute approximate surface area is 156 Å². The lowest BCUT2D eigenvalue weighted by Crippen LogP contribution is -2.21. The van der Waals surface area contributed by atoms with Crippen molar-refractivity contribution in [1.29, 1.82) is 0 Å².